The van der Waals surface area contributed by atoms with Gasteiger partial charge in [0.2, 0.25) is 0 Å². The highest BCUT2D eigenvalue weighted by Crippen LogP contribution is 2.25. The van der Waals surface area contributed by atoms with Crippen molar-refractivity contribution in [2.75, 3.05) is 50.1 Å². The van der Waals surface area contributed by atoms with E-state index in [1.807, 2.05) is 59.7 Å². The Bertz CT molecular complexity index is 1010. The van der Waals surface area contributed by atoms with Crippen LogP contribution in [0.25, 0.3) is 0 Å². The first-order valence-electron chi connectivity index (χ1n) is 10.3. The molecule has 0 saturated carbocycles. The van der Waals surface area contributed by atoms with Crippen molar-refractivity contribution in [2.24, 2.45) is 0 Å². The van der Waals surface area contributed by atoms with Crippen molar-refractivity contribution in [1.29, 1.82) is 0 Å². The zero-order chi connectivity index (χ0) is 21.6. The lowest BCUT2D eigenvalue weighted by Crippen LogP contribution is -2.48. The molecule has 0 atom stereocenters. The number of aromatic nitrogens is 1. The van der Waals surface area contributed by atoms with Gasteiger partial charge in [0.1, 0.15) is 17.2 Å². The van der Waals surface area contributed by atoms with Gasteiger partial charge in [0.25, 0.3) is 5.91 Å². The predicted molar refractivity (Wildman–Crippen MR) is 124 cm³/mol. The monoisotopic (exact) mass is 438 g/mol. The number of ether oxygens (including phenoxy) is 2. The van der Waals surface area contributed by atoms with Crippen molar-refractivity contribution in [3.8, 4) is 11.5 Å². The standard InChI is InChI=1S/C23H26N4O3S/c1-3-30-19-9-7-17(8-10-19)24-23-25-21(16-31-23)22(28)27-13-11-26(12-14-27)18-5-4-6-20(15-18)29-2/h4-10,15-16H,3,11-14H2,1-2H3,(H,24,25). The summed E-state index contributed by atoms with van der Waals surface area (Å²) in [7, 11) is 1.67. The van der Waals surface area contributed by atoms with Gasteiger partial charge < -0.3 is 24.6 Å². The number of amides is 1. The first-order chi connectivity index (χ1) is 15.2. The summed E-state index contributed by atoms with van der Waals surface area (Å²) in [5.74, 6) is 1.64. The minimum absolute atomic E-state index is 0.0266. The number of carbonyl (C=O) groups is 1. The fourth-order valence-electron chi connectivity index (χ4n) is 3.49. The lowest BCUT2D eigenvalue weighted by atomic mass is 10.2. The van der Waals surface area contributed by atoms with E-state index in [2.05, 4.69) is 21.3 Å². The summed E-state index contributed by atoms with van der Waals surface area (Å²) in [5, 5.41) is 5.76. The van der Waals surface area contributed by atoms with Crippen LogP contribution in [0.1, 0.15) is 17.4 Å². The number of hydrogen-bond donors (Lipinski definition) is 1. The molecule has 7 nitrogen and oxygen atoms in total. The molecule has 0 aliphatic carbocycles. The van der Waals surface area contributed by atoms with E-state index < -0.39 is 0 Å². The maximum Gasteiger partial charge on any atom is 0.273 e. The van der Waals surface area contributed by atoms with Gasteiger partial charge in [-0.2, -0.15) is 0 Å². The van der Waals surface area contributed by atoms with Crippen LogP contribution in [0.4, 0.5) is 16.5 Å². The zero-order valence-electron chi connectivity index (χ0n) is 17.7. The number of anilines is 3. The molecule has 1 saturated heterocycles. The van der Waals surface area contributed by atoms with E-state index in [-0.39, 0.29) is 5.91 Å². The first-order valence-corrected chi connectivity index (χ1v) is 11.2. The number of piperazine rings is 1. The van der Waals surface area contributed by atoms with Crippen LogP contribution in [0, 0.1) is 0 Å². The smallest absolute Gasteiger partial charge is 0.273 e. The fraction of sp³-hybridized carbons (Fsp3) is 0.304. The van der Waals surface area contributed by atoms with Crippen molar-refractivity contribution in [3.63, 3.8) is 0 Å². The Labute approximate surface area is 186 Å². The van der Waals surface area contributed by atoms with Gasteiger partial charge in [-0.1, -0.05) is 6.07 Å². The number of benzene rings is 2. The Hall–Kier alpha value is -3.26. The average molecular weight is 439 g/mol. The third-order valence-electron chi connectivity index (χ3n) is 5.13. The van der Waals surface area contributed by atoms with Gasteiger partial charge in [-0.05, 0) is 43.3 Å². The van der Waals surface area contributed by atoms with Gasteiger partial charge in [0.05, 0.1) is 13.7 Å². The van der Waals surface area contributed by atoms with Crippen LogP contribution in [-0.2, 0) is 0 Å². The summed E-state index contributed by atoms with van der Waals surface area (Å²) in [6, 6.07) is 15.7. The predicted octanol–water partition coefficient (Wildman–Crippen LogP) is 4.26. The molecule has 2 aromatic carbocycles. The van der Waals surface area contributed by atoms with E-state index in [1.54, 1.807) is 7.11 Å². The number of nitrogens with zero attached hydrogens (tertiary/aromatic N) is 3. The van der Waals surface area contributed by atoms with Crippen LogP contribution in [-0.4, -0.2) is 55.7 Å². The molecule has 31 heavy (non-hydrogen) atoms. The number of methoxy groups -OCH3 is 1. The van der Waals surface area contributed by atoms with Gasteiger partial charge in [-0.25, -0.2) is 4.98 Å². The summed E-state index contributed by atoms with van der Waals surface area (Å²) in [4.78, 5) is 21.5. The van der Waals surface area contributed by atoms with Crippen molar-refractivity contribution >= 4 is 33.8 Å². The maximum atomic E-state index is 12.9. The first kappa shape index (κ1) is 21.0. The highest BCUT2D eigenvalue weighted by molar-refractivity contribution is 7.14. The fourth-order valence-corrected chi connectivity index (χ4v) is 4.20. The van der Waals surface area contributed by atoms with Gasteiger partial charge in [0.15, 0.2) is 5.13 Å². The number of thiazole rings is 1. The van der Waals surface area contributed by atoms with E-state index >= 15 is 0 Å². The molecular formula is C23H26N4O3S. The molecule has 0 spiro atoms. The Morgan fingerprint density at radius 2 is 1.87 bits per heavy atom. The van der Waals surface area contributed by atoms with Gasteiger partial charge >= 0.3 is 0 Å². The van der Waals surface area contributed by atoms with Crippen LogP contribution in [0.5, 0.6) is 11.5 Å². The van der Waals surface area contributed by atoms with E-state index in [9.17, 15) is 4.79 Å². The zero-order valence-corrected chi connectivity index (χ0v) is 18.5. The highest BCUT2D eigenvalue weighted by atomic mass is 32.1. The van der Waals surface area contributed by atoms with E-state index in [1.165, 1.54) is 11.3 Å². The lowest BCUT2D eigenvalue weighted by molar-refractivity contribution is 0.0742. The molecule has 1 N–H and O–H groups in total. The Morgan fingerprint density at radius 1 is 1.10 bits per heavy atom. The van der Waals surface area contributed by atoms with Crippen LogP contribution >= 0.6 is 11.3 Å². The summed E-state index contributed by atoms with van der Waals surface area (Å²) in [5.41, 5.74) is 2.50. The molecule has 1 amide bonds. The number of nitrogens with one attached hydrogen (secondary N) is 1. The van der Waals surface area contributed by atoms with Crippen molar-refractivity contribution in [2.45, 2.75) is 6.92 Å². The van der Waals surface area contributed by atoms with E-state index in [0.717, 1.165) is 36.0 Å². The van der Waals surface area contributed by atoms with Gasteiger partial charge in [-0.15, -0.1) is 11.3 Å². The second-order valence-electron chi connectivity index (χ2n) is 7.10. The number of hydrogen-bond acceptors (Lipinski definition) is 7. The quantitative estimate of drug-likeness (QED) is 0.595. The molecule has 0 unspecified atom stereocenters. The lowest BCUT2D eigenvalue weighted by Gasteiger charge is -2.35. The third-order valence-corrected chi connectivity index (χ3v) is 5.88. The highest BCUT2D eigenvalue weighted by Gasteiger charge is 2.24. The molecule has 1 aliphatic heterocycles. The van der Waals surface area contributed by atoms with Gasteiger partial charge in [0, 0.05) is 49.0 Å². The van der Waals surface area contributed by atoms with E-state index in [4.69, 9.17) is 9.47 Å². The largest absolute Gasteiger partial charge is 0.497 e. The molecule has 4 rings (SSSR count). The molecule has 1 fully saturated rings. The molecule has 1 aliphatic rings. The van der Waals surface area contributed by atoms with Crippen molar-refractivity contribution in [1.82, 2.24) is 9.88 Å². The van der Waals surface area contributed by atoms with Crippen molar-refractivity contribution in [3.05, 3.63) is 59.6 Å². The Kier molecular flexibility index (Phi) is 6.57. The normalized spacial score (nSPS) is 13.7. The molecular weight excluding hydrogens is 412 g/mol. The summed E-state index contributed by atoms with van der Waals surface area (Å²) >= 11 is 1.43. The van der Waals surface area contributed by atoms with Crippen molar-refractivity contribution < 1.29 is 14.3 Å². The molecule has 3 aromatic rings. The van der Waals surface area contributed by atoms with Crippen LogP contribution in [0.2, 0.25) is 0 Å². The minimum Gasteiger partial charge on any atom is -0.497 e. The van der Waals surface area contributed by atoms with Crippen LogP contribution in [0.3, 0.4) is 0 Å². The molecule has 0 radical (unpaired) electrons. The summed E-state index contributed by atoms with van der Waals surface area (Å²) < 4.78 is 10.8. The van der Waals surface area contributed by atoms with Gasteiger partial charge in [-0.3, -0.25) is 4.79 Å². The Balaban J connectivity index is 1.33. The second kappa shape index (κ2) is 9.70. The molecule has 0 bridgehead atoms. The second-order valence-corrected chi connectivity index (χ2v) is 7.96. The molecule has 1 aromatic heterocycles. The summed E-state index contributed by atoms with van der Waals surface area (Å²) in [6.45, 7) is 5.47. The molecule has 8 heteroatoms. The third kappa shape index (κ3) is 5.08. The molecule has 2 heterocycles. The summed E-state index contributed by atoms with van der Waals surface area (Å²) in [6.07, 6.45) is 0. The van der Waals surface area contributed by atoms with E-state index in [0.29, 0.717) is 30.5 Å². The Morgan fingerprint density at radius 3 is 2.58 bits per heavy atom. The van der Waals surface area contributed by atoms with Crippen LogP contribution < -0.4 is 19.7 Å². The minimum atomic E-state index is -0.0266. The number of carbonyl (C=O) groups excluding carboxylic acids is 1. The average Bonchev–Trinajstić information content (AvgIpc) is 3.28. The van der Waals surface area contributed by atoms with Crippen LogP contribution in [0.15, 0.2) is 53.9 Å². The SMILES string of the molecule is CCOc1ccc(Nc2nc(C(=O)N3CCN(c4cccc(OC)c4)CC3)cs2)cc1. The molecule has 162 valence electrons. The number of rotatable bonds is 7. The maximum absolute atomic E-state index is 12.9. The topological polar surface area (TPSA) is 66.9 Å².